The second kappa shape index (κ2) is 5.96. The standard InChI is InChI=1S/C19H29NS/c1-18(2)13-15-9-5-6-10-16(15)17(18)20-14-19(21-3)11-7-4-8-12-19/h5-6,9-10,17,20H,4,7-8,11-14H2,1-3H3. The number of rotatable bonds is 4. The van der Waals surface area contributed by atoms with Gasteiger partial charge in [-0.1, -0.05) is 57.4 Å². The van der Waals surface area contributed by atoms with Crippen molar-refractivity contribution in [3.8, 4) is 0 Å². The van der Waals surface area contributed by atoms with Crippen LogP contribution in [0, 0.1) is 5.41 Å². The molecule has 2 aliphatic rings. The summed E-state index contributed by atoms with van der Waals surface area (Å²) in [4.78, 5) is 0. The molecule has 1 saturated carbocycles. The minimum Gasteiger partial charge on any atom is -0.308 e. The van der Waals surface area contributed by atoms with Crippen LogP contribution < -0.4 is 5.32 Å². The number of thioether (sulfide) groups is 1. The topological polar surface area (TPSA) is 12.0 Å². The fraction of sp³-hybridized carbons (Fsp3) is 0.684. The van der Waals surface area contributed by atoms with E-state index in [1.165, 1.54) is 44.1 Å². The molecular weight excluding hydrogens is 274 g/mol. The molecule has 1 atom stereocenters. The highest BCUT2D eigenvalue weighted by Crippen LogP contribution is 2.46. The van der Waals surface area contributed by atoms with Crippen LogP contribution in [-0.2, 0) is 6.42 Å². The average molecular weight is 304 g/mol. The van der Waals surface area contributed by atoms with Crippen molar-refractivity contribution in [2.75, 3.05) is 12.8 Å². The molecule has 0 aliphatic heterocycles. The maximum absolute atomic E-state index is 3.97. The van der Waals surface area contributed by atoms with Gasteiger partial charge >= 0.3 is 0 Å². The summed E-state index contributed by atoms with van der Waals surface area (Å²) in [6, 6.07) is 9.53. The van der Waals surface area contributed by atoms with Crippen LogP contribution in [0.25, 0.3) is 0 Å². The lowest BCUT2D eigenvalue weighted by molar-refractivity contribution is 0.252. The summed E-state index contributed by atoms with van der Waals surface area (Å²) in [6.07, 6.45) is 10.5. The van der Waals surface area contributed by atoms with Crippen LogP contribution in [0.3, 0.4) is 0 Å². The van der Waals surface area contributed by atoms with Gasteiger partial charge in [-0.2, -0.15) is 11.8 Å². The van der Waals surface area contributed by atoms with E-state index >= 15 is 0 Å². The molecule has 3 rings (SSSR count). The Labute approximate surface area is 134 Å². The van der Waals surface area contributed by atoms with E-state index in [1.807, 2.05) is 0 Å². The summed E-state index contributed by atoms with van der Waals surface area (Å²) in [5.74, 6) is 0. The molecule has 0 bridgehead atoms. The van der Waals surface area contributed by atoms with Crippen molar-refractivity contribution in [1.82, 2.24) is 5.32 Å². The number of nitrogens with one attached hydrogen (secondary N) is 1. The SMILES string of the molecule is CSC1(CNC2c3ccccc3CC2(C)C)CCCCC1. The van der Waals surface area contributed by atoms with Crippen LogP contribution in [0.4, 0.5) is 0 Å². The zero-order valence-corrected chi connectivity index (χ0v) is 14.6. The lowest BCUT2D eigenvalue weighted by atomic mass is 9.83. The first-order chi connectivity index (χ1) is 10.1. The fourth-order valence-electron chi connectivity index (χ4n) is 4.31. The van der Waals surface area contributed by atoms with E-state index in [0.29, 0.717) is 16.2 Å². The zero-order chi connectivity index (χ0) is 14.9. The minimum atomic E-state index is 0.331. The molecule has 0 radical (unpaired) electrons. The molecule has 1 fully saturated rings. The van der Waals surface area contributed by atoms with Crippen molar-refractivity contribution in [2.45, 2.75) is 63.2 Å². The Morgan fingerprint density at radius 3 is 2.57 bits per heavy atom. The van der Waals surface area contributed by atoms with Crippen molar-refractivity contribution in [3.63, 3.8) is 0 Å². The summed E-state index contributed by atoms with van der Waals surface area (Å²) in [5, 5.41) is 3.97. The van der Waals surface area contributed by atoms with Gasteiger partial charge in [0.25, 0.3) is 0 Å². The van der Waals surface area contributed by atoms with Gasteiger partial charge in [-0.3, -0.25) is 0 Å². The van der Waals surface area contributed by atoms with Gasteiger partial charge in [0.15, 0.2) is 0 Å². The normalized spacial score (nSPS) is 26.5. The quantitative estimate of drug-likeness (QED) is 0.843. The summed E-state index contributed by atoms with van der Waals surface area (Å²) >= 11 is 2.10. The Hall–Kier alpha value is -0.470. The molecule has 116 valence electrons. The van der Waals surface area contributed by atoms with Gasteiger partial charge in [-0.05, 0) is 42.1 Å². The summed E-state index contributed by atoms with van der Waals surface area (Å²) in [5.41, 5.74) is 3.41. The smallest absolute Gasteiger partial charge is 0.0378 e. The van der Waals surface area contributed by atoms with Crippen molar-refractivity contribution >= 4 is 11.8 Å². The van der Waals surface area contributed by atoms with Crippen molar-refractivity contribution < 1.29 is 0 Å². The van der Waals surface area contributed by atoms with Crippen molar-refractivity contribution in [1.29, 1.82) is 0 Å². The highest BCUT2D eigenvalue weighted by Gasteiger charge is 2.40. The third-order valence-corrected chi connectivity index (χ3v) is 7.04. The van der Waals surface area contributed by atoms with Gasteiger partial charge in [0.05, 0.1) is 0 Å². The van der Waals surface area contributed by atoms with E-state index in [2.05, 4.69) is 61.4 Å². The number of benzene rings is 1. The zero-order valence-electron chi connectivity index (χ0n) is 13.7. The Morgan fingerprint density at radius 1 is 1.14 bits per heavy atom. The molecule has 21 heavy (non-hydrogen) atoms. The first-order valence-corrected chi connectivity index (χ1v) is 9.65. The van der Waals surface area contributed by atoms with E-state index in [9.17, 15) is 0 Å². The molecule has 0 saturated heterocycles. The molecule has 1 nitrogen and oxygen atoms in total. The van der Waals surface area contributed by atoms with Crippen LogP contribution >= 0.6 is 11.8 Å². The molecule has 1 aromatic rings. The summed E-state index contributed by atoms with van der Waals surface area (Å²) in [7, 11) is 0. The molecule has 1 N–H and O–H groups in total. The van der Waals surface area contributed by atoms with Gasteiger partial charge in [0.1, 0.15) is 0 Å². The van der Waals surface area contributed by atoms with Gasteiger partial charge in [-0.25, -0.2) is 0 Å². The third-order valence-electron chi connectivity index (χ3n) is 5.62. The monoisotopic (exact) mass is 303 g/mol. The maximum Gasteiger partial charge on any atom is 0.0378 e. The Morgan fingerprint density at radius 2 is 1.86 bits per heavy atom. The van der Waals surface area contributed by atoms with Crippen LogP contribution in [-0.4, -0.2) is 17.5 Å². The summed E-state index contributed by atoms with van der Waals surface area (Å²) < 4.78 is 0.478. The second-order valence-electron chi connectivity index (χ2n) is 7.63. The Bertz CT molecular complexity index is 488. The first-order valence-electron chi connectivity index (χ1n) is 8.43. The maximum atomic E-state index is 3.97. The number of fused-ring (bicyclic) bond motifs is 1. The number of hydrogen-bond donors (Lipinski definition) is 1. The largest absolute Gasteiger partial charge is 0.308 e. The van der Waals surface area contributed by atoms with Crippen LogP contribution in [0.1, 0.15) is 63.1 Å². The van der Waals surface area contributed by atoms with Gasteiger partial charge in [-0.15, -0.1) is 0 Å². The molecule has 2 heteroatoms. The fourth-order valence-corrected chi connectivity index (χ4v) is 5.24. The second-order valence-corrected chi connectivity index (χ2v) is 8.90. The van der Waals surface area contributed by atoms with Gasteiger partial charge in [0.2, 0.25) is 0 Å². The molecular formula is C19H29NS. The highest BCUT2D eigenvalue weighted by atomic mass is 32.2. The van der Waals surface area contributed by atoms with E-state index < -0.39 is 0 Å². The predicted octanol–water partition coefficient (Wildman–Crippen LogP) is 4.97. The molecule has 0 spiro atoms. The van der Waals surface area contributed by atoms with Crippen molar-refractivity contribution in [3.05, 3.63) is 35.4 Å². The lowest BCUT2D eigenvalue weighted by Crippen LogP contribution is -2.43. The predicted molar refractivity (Wildman–Crippen MR) is 94.0 cm³/mol. The Balaban J connectivity index is 1.74. The van der Waals surface area contributed by atoms with Crippen LogP contribution in [0.2, 0.25) is 0 Å². The molecule has 1 unspecified atom stereocenters. The van der Waals surface area contributed by atoms with E-state index in [1.54, 1.807) is 5.56 Å². The van der Waals surface area contributed by atoms with Gasteiger partial charge in [0, 0.05) is 17.3 Å². The van der Waals surface area contributed by atoms with Gasteiger partial charge < -0.3 is 5.32 Å². The van der Waals surface area contributed by atoms with Crippen LogP contribution in [0.15, 0.2) is 24.3 Å². The lowest BCUT2D eigenvalue weighted by Gasteiger charge is -2.39. The third kappa shape index (κ3) is 3.03. The average Bonchev–Trinajstić information content (AvgIpc) is 2.75. The molecule has 0 aromatic heterocycles. The molecule has 0 heterocycles. The van der Waals surface area contributed by atoms with Crippen LogP contribution in [0.5, 0.6) is 0 Å². The molecule has 0 amide bonds. The first kappa shape index (κ1) is 15.4. The highest BCUT2D eigenvalue weighted by molar-refractivity contribution is 8.00. The number of hydrogen-bond acceptors (Lipinski definition) is 2. The van der Waals surface area contributed by atoms with E-state index in [4.69, 9.17) is 0 Å². The van der Waals surface area contributed by atoms with E-state index in [0.717, 1.165) is 6.54 Å². The van der Waals surface area contributed by atoms with E-state index in [-0.39, 0.29) is 0 Å². The Kier molecular flexibility index (Phi) is 4.38. The molecule has 2 aliphatic carbocycles. The minimum absolute atomic E-state index is 0.331. The molecule has 1 aromatic carbocycles. The van der Waals surface area contributed by atoms with Crippen molar-refractivity contribution in [2.24, 2.45) is 5.41 Å². The summed E-state index contributed by atoms with van der Waals surface area (Å²) in [6.45, 7) is 5.99.